The Bertz CT molecular complexity index is 1520. The molecule has 2 aliphatic heterocycles. The summed E-state index contributed by atoms with van der Waals surface area (Å²) in [6.07, 6.45) is 9.55. The van der Waals surface area contributed by atoms with Gasteiger partial charge in [0.2, 0.25) is 0 Å². The number of hydrogen-bond acceptors (Lipinski definition) is 9. The Morgan fingerprint density at radius 3 is 2.52 bits per heavy atom. The third-order valence-electron chi connectivity index (χ3n) is 10.9. The van der Waals surface area contributed by atoms with Gasteiger partial charge in [-0.15, -0.1) is 24.8 Å². The van der Waals surface area contributed by atoms with Crippen molar-refractivity contribution >= 4 is 36.8 Å². The second kappa shape index (κ2) is 15.0. The van der Waals surface area contributed by atoms with Crippen LogP contribution in [0.3, 0.4) is 0 Å². The topological polar surface area (TPSA) is 97.8 Å². The van der Waals surface area contributed by atoms with Crippen LogP contribution in [0.1, 0.15) is 62.6 Å². The van der Waals surface area contributed by atoms with Crippen LogP contribution >= 0.6 is 24.8 Å². The molecule has 3 aliphatic carbocycles. The molecule has 11 heteroatoms. The Morgan fingerprint density at radius 1 is 1.06 bits per heavy atom. The highest BCUT2D eigenvalue weighted by Crippen LogP contribution is 2.62. The van der Waals surface area contributed by atoms with E-state index in [0.717, 1.165) is 62.1 Å². The number of ether oxygens (including phenoxy) is 4. The zero-order valence-corrected chi connectivity index (χ0v) is 30.4. The van der Waals surface area contributed by atoms with Gasteiger partial charge >= 0.3 is 11.9 Å². The zero-order valence-electron chi connectivity index (χ0n) is 28.8. The summed E-state index contributed by atoms with van der Waals surface area (Å²) < 4.78 is 22.8. The van der Waals surface area contributed by atoms with Crippen molar-refractivity contribution in [1.82, 2.24) is 9.80 Å². The van der Waals surface area contributed by atoms with E-state index in [1.54, 1.807) is 7.11 Å². The highest BCUT2D eigenvalue weighted by molar-refractivity contribution is 5.85. The van der Waals surface area contributed by atoms with Gasteiger partial charge in [-0.05, 0) is 88.8 Å². The maximum Gasteiger partial charge on any atom is 0.308 e. The van der Waals surface area contributed by atoms with Crippen molar-refractivity contribution in [2.24, 2.45) is 11.8 Å². The summed E-state index contributed by atoms with van der Waals surface area (Å²) >= 11 is 0. The Labute approximate surface area is 296 Å². The van der Waals surface area contributed by atoms with E-state index in [-0.39, 0.29) is 54.2 Å². The summed E-state index contributed by atoms with van der Waals surface area (Å²) in [5, 5.41) is 11.2. The summed E-state index contributed by atoms with van der Waals surface area (Å²) in [5.74, 6) is 1.83. The molecule has 2 fully saturated rings. The van der Waals surface area contributed by atoms with Crippen molar-refractivity contribution in [1.29, 1.82) is 0 Å². The van der Waals surface area contributed by atoms with Crippen LogP contribution < -0.4 is 14.2 Å². The minimum absolute atomic E-state index is 0. The molecule has 1 spiro atoms. The van der Waals surface area contributed by atoms with Crippen LogP contribution in [-0.2, 0) is 31.8 Å². The second-order valence-corrected chi connectivity index (χ2v) is 13.9. The average molecular weight is 706 g/mol. The van der Waals surface area contributed by atoms with Crippen molar-refractivity contribution in [2.75, 3.05) is 41.3 Å². The number of nitrogens with zero attached hydrogens (tertiary/aromatic N) is 2. The van der Waals surface area contributed by atoms with E-state index >= 15 is 0 Å². The van der Waals surface area contributed by atoms with Crippen molar-refractivity contribution in [3.05, 3.63) is 65.2 Å². The number of likely N-dealkylation sites (tertiary alicyclic amines) is 1. The number of esters is 2. The molecule has 7 atom stereocenters. The van der Waals surface area contributed by atoms with Crippen LogP contribution in [0.5, 0.6) is 17.2 Å². The molecule has 2 bridgehead atoms. The normalized spacial score (nSPS) is 30.7. The van der Waals surface area contributed by atoms with Crippen LogP contribution in [0.2, 0.25) is 0 Å². The Hall–Kier alpha value is -2.82. The minimum Gasteiger partial charge on any atom is -0.497 e. The molecular weight excluding hydrogens is 655 g/mol. The van der Waals surface area contributed by atoms with Gasteiger partial charge in [-0.3, -0.25) is 9.59 Å². The molecule has 2 aromatic carbocycles. The number of benzene rings is 2. The molecule has 2 heterocycles. The molecule has 0 aromatic heterocycles. The van der Waals surface area contributed by atoms with Crippen LogP contribution in [0.4, 0.5) is 0 Å². The van der Waals surface area contributed by atoms with Gasteiger partial charge in [-0.2, -0.15) is 0 Å². The van der Waals surface area contributed by atoms with Crippen molar-refractivity contribution in [3.63, 3.8) is 0 Å². The van der Waals surface area contributed by atoms with Crippen LogP contribution in [0.25, 0.3) is 0 Å². The quantitative estimate of drug-likeness (QED) is 0.239. The van der Waals surface area contributed by atoms with Crippen LogP contribution in [0, 0.1) is 11.8 Å². The number of rotatable bonds is 6. The SMILES string of the molecule is CC(=O)Oc1ccc2c3c1O[C@H]1[C@@H](OC(C)=O)C=C[C@H]4[C@@H](C2)N(C)CC[C@@]341.COc1cccc([C@@]2(O)CCCC[C@@H]2CN(C)C)c1.Cl.Cl. The molecule has 1 saturated carbocycles. The average Bonchev–Trinajstić information content (AvgIpc) is 3.37. The number of piperidine rings is 1. The molecule has 5 aliphatic rings. The van der Waals surface area contributed by atoms with E-state index < -0.39 is 11.7 Å². The van der Waals surface area contributed by atoms with Gasteiger partial charge in [0.05, 0.1) is 12.7 Å². The first kappa shape index (κ1) is 38.0. The number of carbonyl (C=O) groups is 2. The first-order valence-corrected chi connectivity index (χ1v) is 16.6. The first-order valence-electron chi connectivity index (χ1n) is 16.6. The lowest BCUT2D eigenvalue weighted by Crippen LogP contribution is -2.65. The van der Waals surface area contributed by atoms with Crippen molar-refractivity contribution < 1.29 is 33.6 Å². The number of halogens is 2. The summed E-state index contributed by atoms with van der Waals surface area (Å²) in [7, 11) is 7.98. The fourth-order valence-corrected chi connectivity index (χ4v) is 8.92. The van der Waals surface area contributed by atoms with E-state index in [9.17, 15) is 14.7 Å². The molecule has 0 unspecified atom stereocenters. The Kier molecular flexibility index (Phi) is 11.8. The smallest absolute Gasteiger partial charge is 0.308 e. The fraction of sp³-hybridized carbons (Fsp3) is 0.568. The molecule has 1 saturated heterocycles. The predicted octanol–water partition coefficient (Wildman–Crippen LogP) is 5.47. The molecule has 2 aromatic rings. The molecule has 1 N–H and O–H groups in total. The van der Waals surface area contributed by atoms with Gasteiger partial charge in [-0.1, -0.05) is 37.1 Å². The van der Waals surface area contributed by atoms with E-state index in [1.165, 1.54) is 25.8 Å². The lowest BCUT2D eigenvalue weighted by molar-refractivity contribution is -0.152. The number of likely N-dealkylation sites (N-methyl/N-ethyl adjacent to an activating group) is 1. The van der Waals surface area contributed by atoms with E-state index in [2.05, 4.69) is 43.1 Å². The van der Waals surface area contributed by atoms with Gasteiger partial charge in [-0.25, -0.2) is 0 Å². The molecule has 9 nitrogen and oxygen atoms in total. The number of methoxy groups -OCH3 is 1. The lowest BCUT2D eigenvalue weighted by atomic mass is 9.53. The number of carbonyl (C=O) groups excluding carboxylic acids is 2. The molecule has 264 valence electrons. The highest BCUT2D eigenvalue weighted by Gasteiger charge is 2.65. The van der Waals surface area contributed by atoms with Gasteiger partial charge in [0, 0.05) is 49.2 Å². The third-order valence-corrected chi connectivity index (χ3v) is 10.9. The van der Waals surface area contributed by atoms with E-state index in [1.807, 2.05) is 36.4 Å². The van der Waals surface area contributed by atoms with Crippen LogP contribution in [0.15, 0.2) is 48.6 Å². The highest BCUT2D eigenvalue weighted by atomic mass is 35.5. The van der Waals surface area contributed by atoms with E-state index in [0.29, 0.717) is 23.5 Å². The number of aliphatic hydroxyl groups is 1. The standard InChI is InChI=1S/C21H23NO5.C16H25NO2.2ClH/c1-11(23)25-16-6-4-13-10-15-14-5-7-17(26-12(2)24)20-21(14,8-9-22(15)3)18(13)19(16)27-20;1-17(2)12-14-7-4-5-10-16(14,18)13-8-6-9-15(11-13)19-3;;/h4-7,14-15,17,20H,8-10H2,1-3H3;6,8-9,11,14,18H,4-5,7,10,12H2,1-3H3;2*1H/t14-,15+,17-,20-,21-;14-,16+;;/m01../s1. The summed E-state index contributed by atoms with van der Waals surface area (Å²) in [4.78, 5) is 27.9. The Balaban J connectivity index is 0.000000221. The van der Waals surface area contributed by atoms with Gasteiger partial charge < -0.3 is 33.9 Å². The molecule has 48 heavy (non-hydrogen) atoms. The predicted molar refractivity (Wildman–Crippen MR) is 189 cm³/mol. The monoisotopic (exact) mass is 704 g/mol. The molecule has 0 amide bonds. The second-order valence-electron chi connectivity index (χ2n) is 13.9. The van der Waals surface area contributed by atoms with Gasteiger partial charge in [0.25, 0.3) is 0 Å². The number of hydrogen-bond donors (Lipinski definition) is 1. The lowest BCUT2D eigenvalue weighted by Gasteiger charge is -2.56. The summed E-state index contributed by atoms with van der Waals surface area (Å²) in [6, 6.07) is 12.2. The van der Waals surface area contributed by atoms with E-state index in [4.69, 9.17) is 18.9 Å². The fourth-order valence-electron chi connectivity index (χ4n) is 8.92. The molecule has 0 radical (unpaired) electrons. The Morgan fingerprint density at radius 2 is 1.83 bits per heavy atom. The van der Waals surface area contributed by atoms with Crippen molar-refractivity contribution in [3.8, 4) is 17.2 Å². The van der Waals surface area contributed by atoms with Crippen molar-refractivity contribution in [2.45, 2.75) is 81.6 Å². The first-order chi connectivity index (χ1) is 22.0. The summed E-state index contributed by atoms with van der Waals surface area (Å²) in [5.41, 5.74) is 2.44. The summed E-state index contributed by atoms with van der Waals surface area (Å²) in [6.45, 7) is 4.70. The van der Waals surface area contributed by atoms with Gasteiger partial charge in [0.15, 0.2) is 17.6 Å². The maximum atomic E-state index is 11.7. The largest absolute Gasteiger partial charge is 0.497 e. The third kappa shape index (κ3) is 6.69. The molecule has 7 rings (SSSR count). The minimum atomic E-state index is -0.711. The molecular formula is C37H50Cl2N2O7. The van der Waals surface area contributed by atoms with Crippen LogP contribution in [-0.4, -0.2) is 86.4 Å². The zero-order chi connectivity index (χ0) is 32.8. The van der Waals surface area contributed by atoms with Gasteiger partial charge in [0.1, 0.15) is 11.9 Å². The maximum absolute atomic E-state index is 11.7.